The third-order valence-electron chi connectivity index (χ3n) is 1.90. The molecule has 0 spiro atoms. The standard InChI is InChI=1S/C10H14ClN3O.2ClH/c1-14(2)9-4-3-7(11)5-8(9)13-10(15)6-12;;/h3-5H,6,12H2,1-2H3,(H,13,15);2*1H. The van der Waals surface area contributed by atoms with Gasteiger partial charge in [0.05, 0.1) is 17.9 Å². The fraction of sp³-hybridized carbons (Fsp3) is 0.300. The summed E-state index contributed by atoms with van der Waals surface area (Å²) in [6.07, 6.45) is 0. The first-order valence-corrected chi connectivity index (χ1v) is 4.89. The van der Waals surface area contributed by atoms with Crippen molar-refractivity contribution in [1.29, 1.82) is 0 Å². The van der Waals surface area contributed by atoms with E-state index < -0.39 is 0 Å². The lowest BCUT2D eigenvalue weighted by atomic mass is 10.2. The Bertz CT molecular complexity index is 372. The number of carbonyl (C=O) groups is 1. The molecule has 0 radical (unpaired) electrons. The van der Waals surface area contributed by atoms with Gasteiger partial charge in [0.2, 0.25) is 5.91 Å². The molecule has 0 saturated heterocycles. The Morgan fingerprint density at radius 1 is 1.41 bits per heavy atom. The van der Waals surface area contributed by atoms with Gasteiger partial charge in [0.1, 0.15) is 0 Å². The SMILES string of the molecule is CN(C)c1ccc(Cl)cc1NC(=O)CN.Cl.Cl. The second-order valence-corrected chi connectivity index (χ2v) is 3.74. The molecule has 7 heteroatoms. The number of hydrogen-bond donors (Lipinski definition) is 2. The Labute approximate surface area is 118 Å². The quantitative estimate of drug-likeness (QED) is 0.899. The third kappa shape index (κ3) is 5.46. The fourth-order valence-corrected chi connectivity index (χ4v) is 1.37. The molecular weight excluding hydrogens is 284 g/mol. The number of benzene rings is 1. The number of rotatable bonds is 3. The number of anilines is 2. The summed E-state index contributed by atoms with van der Waals surface area (Å²) in [7, 11) is 3.78. The van der Waals surface area contributed by atoms with Gasteiger partial charge in [-0.2, -0.15) is 0 Å². The Morgan fingerprint density at radius 2 is 2.00 bits per heavy atom. The van der Waals surface area contributed by atoms with Crippen molar-refractivity contribution in [2.24, 2.45) is 5.73 Å². The van der Waals surface area contributed by atoms with Gasteiger partial charge in [-0.15, -0.1) is 24.8 Å². The van der Waals surface area contributed by atoms with E-state index in [1.165, 1.54) is 0 Å². The summed E-state index contributed by atoms with van der Waals surface area (Å²) in [6.45, 7) is -0.0423. The van der Waals surface area contributed by atoms with E-state index in [4.69, 9.17) is 17.3 Å². The number of nitrogens with one attached hydrogen (secondary N) is 1. The number of nitrogens with zero attached hydrogens (tertiary/aromatic N) is 1. The van der Waals surface area contributed by atoms with Crippen molar-refractivity contribution in [2.75, 3.05) is 30.9 Å². The van der Waals surface area contributed by atoms with Crippen LogP contribution in [0.15, 0.2) is 18.2 Å². The molecule has 1 rings (SSSR count). The van der Waals surface area contributed by atoms with E-state index in [1.54, 1.807) is 12.1 Å². The highest BCUT2D eigenvalue weighted by atomic mass is 35.5. The molecule has 0 heterocycles. The van der Waals surface area contributed by atoms with E-state index in [-0.39, 0.29) is 37.3 Å². The molecule has 3 N–H and O–H groups in total. The number of amides is 1. The molecule has 0 saturated carbocycles. The summed E-state index contributed by atoms with van der Waals surface area (Å²) in [4.78, 5) is 13.1. The Kier molecular flexibility index (Phi) is 9.25. The molecule has 0 unspecified atom stereocenters. The largest absolute Gasteiger partial charge is 0.376 e. The van der Waals surface area contributed by atoms with Crippen LogP contribution in [0.2, 0.25) is 5.02 Å². The summed E-state index contributed by atoms with van der Waals surface area (Å²) in [5.41, 5.74) is 6.78. The summed E-state index contributed by atoms with van der Waals surface area (Å²) < 4.78 is 0. The number of halogens is 3. The van der Waals surface area contributed by atoms with E-state index in [2.05, 4.69) is 5.32 Å². The van der Waals surface area contributed by atoms with Crippen molar-refractivity contribution in [1.82, 2.24) is 0 Å². The van der Waals surface area contributed by atoms with Gasteiger partial charge in [-0.1, -0.05) is 11.6 Å². The molecule has 1 aromatic carbocycles. The first kappa shape index (κ1) is 18.7. The lowest BCUT2D eigenvalue weighted by Crippen LogP contribution is -2.23. The minimum Gasteiger partial charge on any atom is -0.376 e. The molecule has 0 bridgehead atoms. The van der Waals surface area contributed by atoms with Gasteiger partial charge < -0.3 is 16.0 Å². The van der Waals surface area contributed by atoms with Crippen LogP contribution < -0.4 is 16.0 Å². The van der Waals surface area contributed by atoms with E-state index in [0.29, 0.717) is 10.7 Å². The third-order valence-corrected chi connectivity index (χ3v) is 2.13. The second kappa shape index (κ2) is 8.42. The molecular formula is C10H16Cl3N3O. The van der Waals surface area contributed by atoms with Crippen LogP contribution in [0.25, 0.3) is 0 Å². The molecule has 98 valence electrons. The second-order valence-electron chi connectivity index (χ2n) is 3.31. The van der Waals surface area contributed by atoms with Gasteiger partial charge in [0, 0.05) is 19.1 Å². The zero-order valence-electron chi connectivity index (χ0n) is 9.57. The van der Waals surface area contributed by atoms with E-state index in [9.17, 15) is 4.79 Å². The molecule has 0 aliphatic heterocycles. The summed E-state index contributed by atoms with van der Waals surface area (Å²) in [5.74, 6) is -0.236. The molecule has 17 heavy (non-hydrogen) atoms. The van der Waals surface area contributed by atoms with Crippen molar-refractivity contribution in [3.05, 3.63) is 23.2 Å². The summed E-state index contributed by atoms with van der Waals surface area (Å²) >= 11 is 5.85. The van der Waals surface area contributed by atoms with Crippen LogP contribution in [0.4, 0.5) is 11.4 Å². The molecule has 1 amide bonds. The summed E-state index contributed by atoms with van der Waals surface area (Å²) in [6, 6.07) is 5.31. The van der Waals surface area contributed by atoms with Crippen LogP contribution in [0, 0.1) is 0 Å². The minimum absolute atomic E-state index is 0. The van der Waals surface area contributed by atoms with Gasteiger partial charge in [-0.3, -0.25) is 4.79 Å². The highest BCUT2D eigenvalue weighted by Crippen LogP contribution is 2.27. The molecule has 0 aliphatic rings. The lowest BCUT2D eigenvalue weighted by molar-refractivity contribution is -0.114. The zero-order valence-corrected chi connectivity index (χ0v) is 12.0. The van der Waals surface area contributed by atoms with Crippen LogP contribution in [0.1, 0.15) is 0 Å². The van der Waals surface area contributed by atoms with Crippen LogP contribution in [-0.4, -0.2) is 26.5 Å². The Balaban J connectivity index is 0. The summed E-state index contributed by atoms with van der Waals surface area (Å²) in [5, 5.41) is 3.27. The van der Waals surface area contributed by atoms with Crippen LogP contribution in [0.5, 0.6) is 0 Å². The minimum atomic E-state index is -0.236. The van der Waals surface area contributed by atoms with Gasteiger partial charge in [0.15, 0.2) is 0 Å². The highest BCUT2D eigenvalue weighted by molar-refractivity contribution is 6.31. The topological polar surface area (TPSA) is 58.4 Å². The molecule has 1 aromatic rings. The van der Waals surface area contributed by atoms with Crippen molar-refractivity contribution in [3.63, 3.8) is 0 Å². The maximum atomic E-state index is 11.2. The molecule has 0 atom stereocenters. The van der Waals surface area contributed by atoms with E-state index >= 15 is 0 Å². The normalized spacial score (nSPS) is 8.71. The van der Waals surface area contributed by atoms with Gasteiger partial charge in [-0.05, 0) is 18.2 Å². The number of nitrogens with two attached hydrogens (primary N) is 1. The molecule has 0 aliphatic carbocycles. The molecule has 4 nitrogen and oxygen atoms in total. The maximum absolute atomic E-state index is 11.2. The van der Waals surface area contributed by atoms with Crippen molar-refractivity contribution in [2.45, 2.75) is 0 Å². The average Bonchev–Trinajstić information content (AvgIpc) is 2.17. The van der Waals surface area contributed by atoms with Crippen LogP contribution >= 0.6 is 36.4 Å². The van der Waals surface area contributed by atoms with Crippen molar-refractivity contribution in [3.8, 4) is 0 Å². The van der Waals surface area contributed by atoms with Crippen molar-refractivity contribution >= 4 is 53.7 Å². The zero-order chi connectivity index (χ0) is 11.4. The predicted molar refractivity (Wildman–Crippen MR) is 78.0 cm³/mol. The average molecular weight is 301 g/mol. The smallest absolute Gasteiger partial charge is 0.238 e. The Morgan fingerprint density at radius 3 is 2.47 bits per heavy atom. The molecule has 0 aromatic heterocycles. The van der Waals surface area contributed by atoms with E-state index in [1.807, 2.05) is 25.1 Å². The first-order valence-electron chi connectivity index (χ1n) is 4.51. The predicted octanol–water partition coefficient (Wildman–Crippen LogP) is 2.15. The van der Waals surface area contributed by atoms with Gasteiger partial charge in [0.25, 0.3) is 0 Å². The van der Waals surface area contributed by atoms with Crippen LogP contribution in [0.3, 0.4) is 0 Å². The van der Waals surface area contributed by atoms with Crippen molar-refractivity contribution < 1.29 is 4.79 Å². The van der Waals surface area contributed by atoms with E-state index in [0.717, 1.165) is 5.69 Å². The maximum Gasteiger partial charge on any atom is 0.238 e. The Hall–Kier alpha value is -0.680. The number of hydrogen-bond acceptors (Lipinski definition) is 3. The van der Waals surface area contributed by atoms with Crippen LogP contribution in [-0.2, 0) is 4.79 Å². The van der Waals surface area contributed by atoms with Gasteiger partial charge >= 0.3 is 0 Å². The van der Waals surface area contributed by atoms with Gasteiger partial charge in [-0.25, -0.2) is 0 Å². The highest BCUT2D eigenvalue weighted by Gasteiger charge is 2.07. The monoisotopic (exact) mass is 299 g/mol. The first-order chi connectivity index (χ1) is 7.04. The lowest BCUT2D eigenvalue weighted by Gasteiger charge is -2.17. The molecule has 0 fully saturated rings. The number of carbonyl (C=O) groups excluding carboxylic acids is 1. The fourth-order valence-electron chi connectivity index (χ4n) is 1.20.